The molecule has 1 aromatic carbocycles. The summed E-state index contributed by atoms with van der Waals surface area (Å²) in [6, 6.07) is 8.58. The van der Waals surface area contributed by atoms with Crippen molar-refractivity contribution < 1.29 is 17.9 Å². The number of nitrogens with one attached hydrogen (secondary N) is 1. The van der Waals surface area contributed by atoms with Crippen LogP contribution in [0.4, 0.5) is 0 Å². The van der Waals surface area contributed by atoms with Crippen LogP contribution in [-0.4, -0.2) is 28.0 Å². The Morgan fingerprint density at radius 3 is 2.79 bits per heavy atom. The summed E-state index contributed by atoms with van der Waals surface area (Å²) >= 11 is 1.55. The van der Waals surface area contributed by atoms with Crippen LogP contribution in [0, 0.1) is 0 Å². The summed E-state index contributed by atoms with van der Waals surface area (Å²) in [7, 11) is -2.49. The third kappa shape index (κ3) is 5.19. The predicted molar refractivity (Wildman–Crippen MR) is 94.4 cm³/mol. The highest BCUT2D eigenvalue weighted by Gasteiger charge is 2.15. The number of hydrogen-bond acceptors (Lipinski definition) is 5. The summed E-state index contributed by atoms with van der Waals surface area (Å²) in [6.07, 6.45) is 3.69. The summed E-state index contributed by atoms with van der Waals surface area (Å²) in [4.78, 5) is 12.7. The Balaban J connectivity index is 1.94. The van der Waals surface area contributed by atoms with E-state index in [9.17, 15) is 13.2 Å². The number of methoxy groups -OCH3 is 1. The van der Waals surface area contributed by atoms with Gasteiger partial charge in [0.05, 0.1) is 7.11 Å². The van der Waals surface area contributed by atoms with E-state index in [0.29, 0.717) is 13.0 Å². The van der Waals surface area contributed by atoms with Crippen LogP contribution < -0.4 is 15.2 Å². The molecule has 0 spiro atoms. The van der Waals surface area contributed by atoms with Crippen LogP contribution in [0.2, 0.25) is 0 Å². The van der Waals surface area contributed by atoms with E-state index < -0.39 is 10.0 Å². The molecule has 0 aliphatic carbocycles. The van der Waals surface area contributed by atoms with Crippen LogP contribution in [0.25, 0.3) is 6.08 Å². The highest BCUT2D eigenvalue weighted by atomic mass is 32.2. The molecule has 128 valence electrons. The fourth-order valence-electron chi connectivity index (χ4n) is 2.03. The van der Waals surface area contributed by atoms with Crippen molar-refractivity contribution in [2.45, 2.75) is 11.3 Å². The Morgan fingerprint density at radius 2 is 2.17 bits per heavy atom. The number of carbonyl (C=O) groups excluding carboxylic acids is 1. The van der Waals surface area contributed by atoms with Crippen molar-refractivity contribution in [3.8, 4) is 5.75 Å². The lowest BCUT2D eigenvalue weighted by atomic mass is 10.1. The minimum atomic E-state index is -3.87. The van der Waals surface area contributed by atoms with Crippen molar-refractivity contribution in [3.63, 3.8) is 0 Å². The number of hydrogen-bond donors (Lipinski definition) is 2. The second kappa shape index (κ2) is 8.09. The van der Waals surface area contributed by atoms with E-state index >= 15 is 0 Å². The first-order chi connectivity index (χ1) is 11.4. The van der Waals surface area contributed by atoms with E-state index in [1.165, 1.54) is 19.3 Å². The number of amides is 1. The highest BCUT2D eigenvalue weighted by molar-refractivity contribution is 7.89. The molecule has 0 aliphatic heterocycles. The highest BCUT2D eigenvalue weighted by Crippen LogP contribution is 2.23. The number of ether oxygens (including phenoxy) is 1. The van der Waals surface area contributed by atoms with E-state index in [1.807, 2.05) is 17.5 Å². The number of thiophene rings is 1. The quantitative estimate of drug-likeness (QED) is 0.730. The van der Waals surface area contributed by atoms with Gasteiger partial charge in [0.25, 0.3) is 0 Å². The van der Waals surface area contributed by atoms with E-state index in [2.05, 4.69) is 5.32 Å². The van der Waals surface area contributed by atoms with Crippen molar-refractivity contribution >= 4 is 33.3 Å². The number of benzene rings is 1. The molecule has 3 N–H and O–H groups in total. The van der Waals surface area contributed by atoms with Crippen molar-refractivity contribution in [2.24, 2.45) is 5.14 Å². The predicted octanol–water partition coefficient (Wildman–Crippen LogP) is 1.78. The Morgan fingerprint density at radius 1 is 1.38 bits per heavy atom. The van der Waals surface area contributed by atoms with Crippen molar-refractivity contribution in [1.82, 2.24) is 5.32 Å². The summed E-state index contributed by atoms with van der Waals surface area (Å²) in [5, 5.41) is 9.86. The van der Waals surface area contributed by atoms with Crippen LogP contribution >= 0.6 is 11.3 Å². The first-order valence-corrected chi connectivity index (χ1v) is 9.52. The molecule has 0 unspecified atom stereocenters. The van der Waals surface area contributed by atoms with Gasteiger partial charge in [0.2, 0.25) is 15.9 Å². The molecule has 6 nitrogen and oxygen atoms in total. The molecule has 2 rings (SSSR count). The van der Waals surface area contributed by atoms with Gasteiger partial charge in [-0.25, -0.2) is 13.6 Å². The summed E-state index contributed by atoms with van der Waals surface area (Å²) < 4.78 is 28.1. The Bertz CT molecular complexity index is 828. The fourth-order valence-corrected chi connectivity index (χ4v) is 3.40. The summed E-state index contributed by atoms with van der Waals surface area (Å²) in [5.74, 6) is -0.00671. The van der Waals surface area contributed by atoms with Crippen LogP contribution in [0.5, 0.6) is 5.75 Å². The Labute approximate surface area is 145 Å². The van der Waals surface area contributed by atoms with E-state index in [-0.39, 0.29) is 16.6 Å². The molecule has 0 bridgehead atoms. The monoisotopic (exact) mass is 366 g/mol. The molecule has 0 saturated heterocycles. The van der Waals surface area contributed by atoms with Gasteiger partial charge >= 0.3 is 0 Å². The first-order valence-electron chi connectivity index (χ1n) is 7.09. The van der Waals surface area contributed by atoms with E-state index in [1.54, 1.807) is 29.5 Å². The number of carbonyl (C=O) groups is 1. The van der Waals surface area contributed by atoms with Crippen molar-refractivity contribution in [3.05, 3.63) is 52.2 Å². The van der Waals surface area contributed by atoms with Crippen LogP contribution in [0.1, 0.15) is 10.4 Å². The number of primary sulfonamides is 1. The van der Waals surface area contributed by atoms with Crippen LogP contribution in [0.15, 0.2) is 46.7 Å². The molecule has 2 aromatic rings. The van der Waals surface area contributed by atoms with Gasteiger partial charge in [-0.3, -0.25) is 4.79 Å². The average molecular weight is 366 g/mol. The van der Waals surface area contributed by atoms with Crippen molar-refractivity contribution in [1.29, 1.82) is 0 Å². The van der Waals surface area contributed by atoms with Gasteiger partial charge in [-0.15, -0.1) is 11.3 Å². The van der Waals surface area contributed by atoms with E-state index in [4.69, 9.17) is 9.88 Å². The molecule has 24 heavy (non-hydrogen) atoms. The molecule has 1 heterocycles. The van der Waals surface area contributed by atoms with Gasteiger partial charge in [-0.1, -0.05) is 12.1 Å². The third-order valence-electron chi connectivity index (χ3n) is 3.19. The maximum absolute atomic E-state index is 11.7. The molecule has 0 aliphatic rings. The van der Waals surface area contributed by atoms with Gasteiger partial charge in [-0.2, -0.15) is 0 Å². The number of nitrogens with two attached hydrogens (primary N) is 1. The second-order valence-electron chi connectivity index (χ2n) is 4.92. The van der Waals surface area contributed by atoms with Crippen LogP contribution in [0.3, 0.4) is 0 Å². The second-order valence-corrected chi connectivity index (χ2v) is 7.43. The van der Waals surface area contributed by atoms with Crippen LogP contribution in [-0.2, 0) is 21.2 Å². The Kier molecular flexibility index (Phi) is 6.13. The molecule has 0 fully saturated rings. The maximum Gasteiger partial charge on any atom is 0.244 e. The van der Waals surface area contributed by atoms with Crippen molar-refractivity contribution in [2.75, 3.05) is 13.7 Å². The molecule has 1 aromatic heterocycles. The lowest BCUT2D eigenvalue weighted by molar-refractivity contribution is -0.116. The zero-order valence-electron chi connectivity index (χ0n) is 13.1. The van der Waals surface area contributed by atoms with Gasteiger partial charge in [0.15, 0.2) is 0 Å². The average Bonchev–Trinajstić information content (AvgIpc) is 3.05. The lowest BCUT2D eigenvalue weighted by Crippen LogP contribution is -2.23. The number of rotatable bonds is 7. The maximum atomic E-state index is 11.7. The molecule has 8 heteroatoms. The molecule has 1 amide bonds. The molecule has 0 saturated carbocycles. The van der Waals surface area contributed by atoms with Gasteiger partial charge in [0, 0.05) is 17.5 Å². The Hall–Kier alpha value is -2.16. The minimum absolute atomic E-state index is 0.0635. The summed E-state index contributed by atoms with van der Waals surface area (Å²) in [5.41, 5.74) is 0.738. The topological polar surface area (TPSA) is 98.5 Å². The van der Waals surface area contributed by atoms with Gasteiger partial charge in [-0.05, 0) is 41.6 Å². The molecular formula is C16H18N2O4S2. The smallest absolute Gasteiger partial charge is 0.244 e. The van der Waals surface area contributed by atoms with E-state index in [0.717, 1.165) is 10.4 Å². The third-order valence-corrected chi connectivity index (χ3v) is 4.96. The zero-order chi connectivity index (χ0) is 17.6. The van der Waals surface area contributed by atoms with Gasteiger partial charge < -0.3 is 10.1 Å². The lowest BCUT2D eigenvalue weighted by Gasteiger charge is -2.09. The fraction of sp³-hybridized carbons (Fsp3) is 0.188. The normalized spacial score (nSPS) is 11.6. The number of sulfonamides is 1. The zero-order valence-corrected chi connectivity index (χ0v) is 14.7. The van der Waals surface area contributed by atoms with Gasteiger partial charge in [0.1, 0.15) is 10.6 Å². The molecule has 0 atom stereocenters. The summed E-state index contributed by atoms with van der Waals surface area (Å²) in [6.45, 7) is 0.379. The largest absolute Gasteiger partial charge is 0.495 e. The first kappa shape index (κ1) is 18.2. The molecular weight excluding hydrogens is 348 g/mol. The minimum Gasteiger partial charge on any atom is -0.495 e. The standard InChI is InChI=1S/C16H18N2O4S2/c1-22-14-6-4-12(11-15(14)24(17,20)21)8-9-18-16(19)7-5-13-3-2-10-23-13/h2-7,10-11H,8-9H2,1H3,(H,18,19)(H2,17,20,21). The SMILES string of the molecule is COc1ccc(CCNC(=O)C=Cc2cccs2)cc1S(N)(=O)=O. The molecule has 0 radical (unpaired) electrons.